The molecule has 2 aromatic carbocycles. The Bertz CT molecular complexity index is 984. The number of carbonyl (C=O) groups is 1. The lowest BCUT2D eigenvalue weighted by Gasteiger charge is -2.33. The molecule has 1 heterocycles. The summed E-state index contributed by atoms with van der Waals surface area (Å²) in [6.07, 6.45) is 3.13. The Hall–Kier alpha value is -3.22. The first-order valence-corrected chi connectivity index (χ1v) is 9.41. The molecule has 1 aromatic heterocycles. The first kappa shape index (κ1) is 18.2. The highest BCUT2D eigenvalue weighted by Crippen LogP contribution is 2.33. The van der Waals surface area contributed by atoms with Gasteiger partial charge in [0.2, 0.25) is 11.7 Å². The van der Waals surface area contributed by atoms with E-state index in [9.17, 15) is 4.79 Å². The molecule has 1 aliphatic rings. The second-order valence-corrected chi connectivity index (χ2v) is 6.99. The summed E-state index contributed by atoms with van der Waals surface area (Å²) in [6, 6.07) is 15.9. The molecule has 0 radical (unpaired) electrons. The number of nitrogens with zero attached hydrogens (tertiary/aromatic N) is 5. The molecule has 1 atom stereocenters. The molecule has 0 saturated carbocycles. The summed E-state index contributed by atoms with van der Waals surface area (Å²) in [5.74, 6) is 1.16. The normalized spacial score (nSPS) is 15.7. The minimum absolute atomic E-state index is 0.0312. The summed E-state index contributed by atoms with van der Waals surface area (Å²) >= 11 is 0. The van der Waals surface area contributed by atoms with E-state index in [1.807, 2.05) is 42.3 Å². The summed E-state index contributed by atoms with van der Waals surface area (Å²) in [4.78, 5) is 16.0. The lowest BCUT2D eigenvalue weighted by Crippen LogP contribution is -2.36. The summed E-state index contributed by atoms with van der Waals surface area (Å²) in [5, 5.41) is 12.5. The van der Waals surface area contributed by atoms with E-state index in [4.69, 9.17) is 4.74 Å². The fraction of sp³-hybridized carbons (Fsp3) is 0.333. The molecule has 0 spiro atoms. The molecule has 7 nitrogen and oxygen atoms in total. The Balaban J connectivity index is 1.48. The first-order valence-electron chi connectivity index (χ1n) is 9.41. The Morgan fingerprint density at radius 2 is 2.11 bits per heavy atom. The van der Waals surface area contributed by atoms with Gasteiger partial charge in [-0.3, -0.25) is 4.79 Å². The number of rotatable bonds is 5. The summed E-state index contributed by atoms with van der Waals surface area (Å²) in [7, 11) is 3.47. The van der Waals surface area contributed by atoms with Gasteiger partial charge < -0.3 is 9.64 Å². The molecule has 1 amide bonds. The number of fused-ring (bicyclic) bond motifs is 1. The number of aromatic nitrogens is 4. The van der Waals surface area contributed by atoms with E-state index in [1.165, 1.54) is 15.9 Å². The average molecular weight is 377 g/mol. The van der Waals surface area contributed by atoms with Crippen LogP contribution in [0.2, 0.25) is 0 Å². The zero-order valence-corrected chi connectivity index (χ0v) is 16.1. The van der Waals surface area contributed by atoms with Gasteiger partial charge in [-0.1, -0.05) is 36.4 Å². The Kier molecular flexibility index (Phi) is 5.06. The third kappa shape index (κ3) is 3.60. The van der Waals surface area contributed by atoms with Gasteiger partial charge in [-0.2, -0.15) is 4.80 Å². The van der Waals surface area contributed by atoms with Crippen LogP contribution in [0.5, 0.6) is 5.75 Å². The van der Waals surface area contributed by atoms with Crippen molar-refractivity contribution in [1.82, 2.24) is 25.1 Å². The standard InChI is InChI=1S/C21H23N5O2/c1-25(19-12-6-8-15-7-3-4-11-18(15)19)20(27)14-26-23-21(22-24-26)16-9-5-10-17(13-16)28-2/h3-5,7,9-11,13,19H,6,8,12,14H2,1-2H3. The highest BCUT2D eigenvalue weighted by Gasteiger charge is 2.27. The Morgan fingerprint density at radius 3 is 2.96 bits per heavy atom. The van der Waals surface area contributed by atoms with Crippen LogP contribution in [0, 0.1) is 0 Å². The number of methoxy groups -OCH3 is 1. The summed E-state index contributed by atoms with van der Waals surface area (Å²) < 4.78 is 5.23. The predicted molar refractivity (Wildman–Crippen MR) is 105 cm³/mol. The second kappa shape index (κ2) is 7.80. The first-order chi connectivity index (χ1) is 13.7. The maximum Gasteiger partial charge on any atom is 0.246 e. The van der Waals surface area contributed by atoms with E-state index in [2.05, 4.69) is 33.6 Å². The molecule has 7 heteroatoms. The number of hydrogen-bond acceptors (Lipinski definition) is 5. The SMILES string of the molecule is COc1cccc(-c2nnn(CC(=O)N(C)C3CCCc4ccccc43)n2)c1. The van der Waals surface area contributed by atoms with Crippen LogP contribution >= 0.6 is 0 Å². The second-order valence-electron chi connectivity index (χ2n) is 6.99. The van der Waals surface area contributed by atoms with Crippen LogP contribution in [-0.2, 0) is 17.8 Å². The van der Waals surface area contributed by atoms with Crippen LogP contribution in [0.4, 0.5) is 0 Å². The van der Waals surface area contributed by atoms with Crippen molar-refractivity contribution in [1.29, 1.82) is 0 Å². The summed E-state index contributed by atoms with van der Waals surface area (Å²) in [5.41, 5.74) is 3.37. The van der Waals surface area contributed by atoms with E-state index < -0.39 is 0 Å². The van der Waals surface area contributed by atoms with Gasteiger partial charge in [-0.25, -0.2) is 0 Å². The molecule has 0 bridgehead atoms. The van der Waals surface area contributed by atoms with Crippen molar-refractivity contribution in [3.05, 3.63) is 59.7 Å². The van der Waals surface area contributed by atoms with E-state index in [0.717, 1.165) is 30.6 Å². The molecular formula is C21H23N5O2. The lowest BCUT2D eigenvalue weighted by atomic mass is 9.87. The largest absolute Gasteiger partial charge is 0.497 e. The number of benzene rings is 2. The topological polar surface area (TPSA) is 73.1 Å². The van der Waals surface area contributed by atoms with Crippen molar-refractivity contribution < 1.29 is 9.53 Å². The molecule has 4 rings (SSSR count). The number of hydrogen-bond donors (Lipinski definition) is 0. The van der Waals surface area contributed by atoms with Crippen LogP contribution in [0.15, 0.2) is 48.5 Å². The van der Waals surface area contributed by atoms with Gasteiger partial charge in [-0.15, -0.1) is 10.2 Å². The minimum atomic E-state index is -0.0312. The van der Waals surface area contributed by atoms with Crippen molar-refractivity contribution >= 4 is 5.91 Å². The van der Waals surface area contributed by atoms with Gasteiger partial charge in [0.15, 0.2) is 0 Å². The molecule has 1 aliphatic carbocycles. The zero-order chi connectivity index (χ0) is 19.5. The van der Waals surface area contributed by atoms with Crippen LogP contribution in [0.25, 0.3) is 11.4 Å². The molecular weight excluding hydrogens is 354 g/mol. The van der Waals surface area contributed by atoms with Crippen molar-refractivity contribution in [2.45, 2.75) is 31.8 Å². The molecule has 0 saturated heterocycles. The Labute approximate surface area is 163 Å². The van der Waals surface area contributed by atoms with E-state index in [-0.39, 0.29) is 18.5 Å². The van der Waals surface area contributed by atoms with Crippen molar-refractivity contribution in [2.24, 2.45) is 0 Å². The van der Waals surface area contributed by atoms with Gasteiger partial charge in [0.25, 0.3) is 0 Å². The van der Waals surface area contributed by atoms with Gasteiger partial charge in [0.1, 0.15) is 12.3 Å². The molecule has 0 aliphatic heterocycles. The quantitative estimate of drug-likeness (QED) is 0.684. The molecule has 3 aromatic rings. The van der Waals surface area contributed by atoms with Gasteiger partial charge in [-0.05, 0) is 47.7 Å². The molecule has 28 heavy (non-hydrogen) atoms. The van der Waals surface area contributed by atoms with E-state index in [1.54, 1.807) is 7.11 Å². The number of carbonyl (C=O) groups excluding carboxylic acids is 1. The highest BCUT2D eigenvalue weighted by atomic mass is 16.5. The maximum absolute atomic E-state index is 12.8. The fourth-order valence-electron chi connectivity index (χ4n) is 3.72. The van der Waals surface area contributed by atoms with Crippen molar-refractivity contribution in [3.8, 4) is 17.1 Å². The van der Waals surface area contributed by atoms with Crippen LogP contribution in [-0.4, -0.2) is 45.2 Å². The average Bonchev–Trinajstić information content (AvgIpc) is 3.21. The fourth-order valence-corrected chi connectivity index (χ4v) is 3.72. The number of aryl methyl sites for hydroxylation is 1. The lowest BCUT2D eigenvalue weighted by molar-refractivity contribution is -0.133. The monoisotopic (exact) mass is 377 g/mol. The number of amides is 1. The number of tetrazole rings is 1. The molecule has 1 unspecified atom stereocenters. The molecule has 0 fully saturated rings. The molecule has 144 valence electrons. The smallest absolute Gasteiger partial charge is 0.246 e. The third-order valence-corrected chi connectivity index (χ3v) is 5.26. The molecule has 0 N–H and O–H groups in total. The van der Waals surface area contributed by atoms with Gasteiger partial charge in [0.05, 0.1) is 13.2 Å². The number of ether oxygens (including phenoxy) is 1. The zero-order valence-electron chi connectivity index (χ0n) is 16.1. The van der Waals surface area contributed by atoms with Gasteiger partial charge >= 0.3 is 0 Å². The minimum Gasteiger partial charge on any atom is -0.497 e. The Morgan fingerprint density at radius 1 is 1.25 bits per heavy atom. The van der Waals surface area contributed by atoms with E-state index >= 15 is 0 Å². The van der Waals surface area contributed by atoms with E-state index in [0.29, 0.717) is 5.82 Å². The van der Waals surface area contributed by atoms with Crippen molar-refractivity contribution in [3.63, 3.8) is 0 Å². The van der Waals surface area contributed by atoms with Crippen LogP contribution in [0.1, 0.15) is 30.0 Å². The van der Waals surface area contributed by atoms with Gasteiger partial charge in [0, 0.05) is 12.6 Å². The maximum atomic E-state index is 12.8. The van der Waals surface area contributed by atoms with Crippen molar-refractivity contribution in [2.75, 3.05) is 14.2 Å². The highest BCUT2D eigenvalue weighted by molar-refractivity contribution is 5.76. The predicted octanol–water partition coefficient (Wildman–Crippen LogP) is 2.88. The third-order valence-electron chi connectivity index (χ3n) is 5.26. The van der Waals surface area contributed by atoms with Crippen LogP contribution < -0.4 is 4.74 Å². The number of likely N-dealkylation sites (N-methyl/N-ethyl adjacent to an activating group) is 1. The van der Waals surface area contributed by atoms with Crippen LogP contribution in [0.3, 0.4) is 0 Å². The summed E-state index contributed by atoms with van der Waals surface area (Å²) in [6.45, 7) is 0.0616.